The van der Waals surface area contributed by atoms with Crippen LogP contribution >= 0.6 is 11.3 Å². The number of aliphatic hydroxyl groups excluding tert-OH is 1. The third-order valence-electron chi connectivity index (χ3n) is 4.20. The van der Waals surface area contributed by atoms with Crippen molar-refractivity contribution < 1.29 is 19.5 Å². The van der Waals surface area contributed by atoms with Crippen molar-refractivity contribution in [1.82, 2.24) is 15.1 Å². The largest absolute Gasteiger partial charge is 0.396 e. The lowest BCUT2D eigenvalue weighted by Gasteiger charge is -2.31. The molecule has 2 rings (SSSR count). The Labute approximate surface area is 145 Å². The lowest BCUT2D eigenvalue weighted by atomic mass is 9.95. The number of hydrogen-bond acceptors (Lipinski definition) is 5. The van der Waals surface area contributed by atoms with Crippen LogP contribution in [0.3, 0.4) is 0 Å². The number of nitrogens with zero attached hydrogens (tertiary/aromatic N) is 2. The zero-order chi connectivity index (χ0) is 17.5. The van der Waals surface area contributed by atoms with Gasteiger partial charge in [0.25, 0.3) is 0 Å². The van der Waals surface area contributed by atoms with Crippen molar-refractivity contribution in [3.8, 4) is 0 Å². The third-order valence-corrected chi connectivity index (χ3v) is 4.90. The van der Waals surface area contributed by atoms with E-state index in [4.69, 9.17) is 0 Å². The monoisotopic (exact) mass is 353 g/mol. The maximum Gasteiger partial charge on any atom is 0.324 e. The van der Waals surface area contributed by atoms with Crippen LogP contribution in [0.4, 0.5) is 4.79 Å². The van der Waals surface area contributed by atoms with Gasteiger partial charge in [-0.3, -0.25) is 14.5 Å². The minimum atomic E-state index is -0.773. The number of carbonyl (C=O) groups excluding carboxylic acids is 3. The predicted molar refractivity (Wildman–Crippen MR) is 90.7 cm³/mol. The Morgan fingerprint density at radius 3 is 2.75 bits per heavy atom. The van der Waals surface area contributed by atoms with Crippen LogP contribution in [0.2, 0.25) is 0 Å². The Hall–Kier alpha value is -1.93. The minimum Gasteiger partial charge on any atom is -0.396 e. The normalized spacial score (nSPS) is 16.4. The van der Waals surface area contributed by atoms with Gasteiger partial charge in [0.15, 0.2) is 0 Å². The van der Waals surface area contributed by atoms with Gasteiger partial charge in [0.1, 0.15) is 0 Å². The molecule has 2 heterocycles. The lowest BCUT2D eigenvalue weighted by Crippen LogP contribution is -2.58. The molecular weight excluding hydrogens is 330 g/mol. The van der Waals surface area contributed by atoms with E-state index in [-0.39, 0.29) is 19.1 Å². The molecule has 0 bridgehead atoms. The van der Waals surface area contributed by atoms with Gasteiger partial charge in [-0.2, -0.15) is 11.3 Å². The quantitative estimate of drug-likeness (QED) is 0.716. The van der Waals surface area contributed by atoms with E-state index in [1.807, 2.05) is 16.8 Å². The third kappa shape index (κ3) is 4.33. The molecule has 1 saturated heterocycles. The molecular formula is C16H23N3O4S. The molecule has 0 radical (unpaired) electrons. The summed E-state index contributed by atoms with van der Waals surface area (Å²) in [6.07, 6.45) is 1.29. The second-order valence-electron chi connectivity index (χ2n) is 5.63. The molecule has 0 aromatic carbocycles. The standard InChI is InChI=1S/C16H23N3O4S/c1-2-18-7-8-19(15(22)14(18)21)16(23)17-6-3-12(4-9-20)13-5-10-24-11-13/h5,10-12,20H,2-4,6-9H2,1H3,(H,17,23). The first kappa shape index (κ1) is 18.4. The Kier molecular flexibility index (Phi) is 6.74. The first-order valence-corrected chi connectivity index (χ1v) is 9.04. The van der Waals surface area contributed by atoms with Crippen LogP contribution in [0, 0.1) is 0 Å². The van der Waals surface area contributed by atoms with Crippen LogP contribution in [0.5, 0.6) is 0 Å². The summed E-state index contributed by atoms with van der Waals surface area (Å²) in [5, 5.41) is 15.9. The SMILES string of the molecule is CCN1CCN(C(=O)NCCC(CCO)c2ccsc2)C(=O)C1=O. The number of imide groups is 1. The van der Waals surface area contributed by atoms with Gasteiger partial charge in [-0.25, -0.2) is 4.79 Å². The highest BCUT2D eigenvalue weighted by Crippen LogP contribution is 2.24. The Balaban J connectivity index is 1.84. The first-order valence-electron chi connectivity index (χ1n) is 8.10. The number of rotatable bonds is 7. The topological polar surface area (TPSA) is 89.9 Å². The van der Waals surface area contributed by atoms with E-state index < -0.39 is 17.8 Å². The van der Waals surface area contributed by atoms with Crippen molar-refractivity contribution in [1.29, 1.82) is 0 Å². The predicted octanol–water partition coefficient (Wildman–Crippen LogP) is 1.00. The lowest BCUT2D eigenvalue weighted by molar-refractivity contribution is -0.153. The Bertz CT molecular complexity index is 576. The summed E-state index contributed by atoms with van der Waals surface area (Å²) in [5.41, 5.74) is 1.14. The van der Waals surface area contributed by atoms with E-state index in [0.717, 1.165) is 10.5 Å². The van der Waals surface area contributed by atoms with Gasteiger partial charge in [0.2, 0.25) is 0 Å². The van der Waals surface area contributed by atoms with Crippen molar-refractivity contribution in [3.05, 3.63) is 22.4 Å². The number of urea groups is 1. The molecule has 0 spiro atoms. The highest BCUT2D eigenvalue weighted by Gasteiger charge is 2.35. The van der Waals surface area contributed by atoms with Crippen LogP contribution in [-0.2, 0) is 9.59 Å². The smallest absolute Gasteiger partial charge is 0.324 e. The fraction of sp³-hybridized carbons (Fsp3) is 0.562. The van der Waals surface area contributed by atoms with Crippen LogP contribution in [-0.4, -0.2) is 65.5 Å². The summed E-state index contributed by atoms with van der Waals surface area (Å²) in [6.45, 7) is 3.32. The maximum absolute atomic E-state index is 12.2. The van der Waals surface area contributed by atoms with Crippen molar-refractivity contribution >= 4 is 29.2 Å². The molecule has 8 heteroatoms. The van der Waals surface area contributed by atoms with Crippen molar-refractivity contribution in [2.24, 2.45) is 0 Å². The summed E-state index contributed by atoms with van der Waals surface area (Å²) >= 11 is 1.60. The summed E-state index contributed by atoms with van der Waals surface area (Å²) in [4.78, 5) is 38.3. The van der Waals surface area contributed by atoms with Crippen LogP contribution in [0.1, 0.15) is 31.2 Å². The Morgan fingerprint density at radius 2 is 2.12 bits per heavy atom. The van der Waals surface area contributed by atoms with E-state index >= 15 is 0 Å². The summed E-state index contributed by atoms with van der Waals surface area (Å²) in [7, 11) is 0. The molecule has 4 amide bonds. The van der Waals surface area contributed by atoms with Crippen LogP contribution < -0.4 is 5.32 Å². The van der Waals surface area contributed by atoms with Gasteiger partial charge in [-0.05, 0) is 48.1 Å². The fourth-order valence-corrected chi connectivity index (χ4v) is 3.50. The molecule has 2 N–H and O–H groups in total. The number of likely N-dealkylation sites (N-methyl/N-ethyl adjacent to an activating group) is 1. The molecule has 0 saturated carbocycles. The first-order chi connectivity index (χ1) is 11.6. The summed E-state index contributed by atoms with van der Waals surface area (Å²) in [6, 6.07) is 1.48. The van der Waals surface area contributed by atoms with Crippen molar-refractivity contribution in [3.63, 3.8) is 0 Å². The average Bonchev–Trinajstić information content (AvgIpc) is 3.10. The molecule has 1 unspecified atom stereocenters. The van der Waals surface area contributed by atoms with Gasteiger partial charge in [0.05, 0.1) is 0 Å². The van der Waals surface area contributed by atoms with E-state index in [2.05, 4.69) is 5.32 Å². The van der Waals surface area contributed by atoms with Gasteiger partial charge in [-0.15, -0.1) is 0 Å². The van der Waals surface area contributed by atoms with E-state index in [1.165, 1.54) is 4.90 Å². The highest BCUT2D eigenvalue weighted by molar-refractivity contribution is 7.07. The van der Waals surface area contributed by atoms with Crippen LogP contribution in [0.25, 0.3) is 0 Å². The number of nitrogens with one attached hydrogen (secondary N) is 1. The van der Waals surface area contributed by atoms with Gasteiger partial charge in [-0.1, -0.05) is 0 Å². The van der Waals surface area contributed by atoms with Gasteiger partial charge < -0.3 is 15.3 Å². The van der Waals surface area contributed by atoms with Gasteiger partial charge in [0, 0.05) is 32.8 Å². The molecule has 0 aliphatic carbocycles. The number of carbonyl (C=O) groups is 3. The maximum atomic E-state index is 12.2. The molecule has 1 atom stereocenters. The second-order valence-corrected chi connectivity index (χ2v) is 6.41. The number of thiophene rings is 1. The van der Waals surface area contributed by atoms with Crippen molar-refractivity contribution in [2.45, 2.75) is 25.7 Å². The molecule has 7 nitrogen and oxygen atoms in total. The molecule has 132 valence electrons. The average molecular weight is 353 g/mol. The second kappa shape index (κ2) is 8.79. The number of hydrogen-bond donors (Lipinski definition) is 2. The zero-order valence-electron chi connectivity index (χ0n) is 13.7. The number of piperazine rings is 1. The zero-order valence-corrected chi connectivity index (χ0v) is 14.6. The van der Waals surface area contributed by atoms with E-state index in [1.54, 1.807) is 18.3 Å². The van der Waals surface area contributed by atoms with Gasteiger partial charge >= 0.3 is 17.8 Å². The summed E-state index contributed by atoms with van der Waals surface area (Å²) in [5.74, 6) is -1.24. The number of amides is 4. The molecule has 24 heavy (non-hydrogen) atoms. The van der Waals surface area contributed by atoms with Crippen LogP contribution in [0.15, 0.2) is 16.8 Å². The molecule has 1 aliphatic rings. The van der Waals surface area contributed by atoms with E-state index in [0.29, 0.717) is 32.5 Å². The highest BCUT2D eigenvalue weighted by atomic mass is 32.1. The molecule has 1 fully saturated rings. The fourth-order valence-electron chi connectivity index (χ4n) is 2.76. The number of aliphatic hydroxyl groups is 1. The minimum absolute atomic E-state index is 0.0838. The Morgan fingerprint density at radius 1 is 1.33 bits per heavy atom. The molecule has 1 aromatic rings. The summed E-state index contributed by atoms with van der Waals surface area (Å²) < 4.78 is 0. The van der Waals surface area contributed by atoms with Crippen molar-refractivity contribution in [2.75, 3.05) is 32.8 Å². The molecule has 1 aromatic heterocycles. The van der Waals surface area contributed by atoms with E-state index in [9.17, 15) is 19.5 Å². The molecule has 1 aliphatic heterocycles.